The van der Waals surface area contributed by atoms with Crippen molar-refractivity contribution in [3.05, 3.63) is 28.3 Å². The molecule has 1 aromatic carbocycles. The number of benzene rings is 1. The van der Waals surface area contributed by atoms with Gasteiger partial charge in [-0.05, 0) is 50.4 Å². The van der Waals surface area contributed by atoms with E-state index in [0.29, 0.717) is 6.04 Å². The van der Waals surface area contributed by atoms with Crippen molar-refractivity contribution < 1.29 is 0 Å². The monoisotopic (exact) mass is 246 g/mol. The summed E-state index contributed by atoms with van der Waals surface area (Å²) in [4.78, 5) is 4.83. The number of rotatable bonds is 1. The van der Waals surface area contributed by atoms with E-state index in [1.807, 2.05) is 11.3 Å². The minimum atomic E-state index is 0.487. The standard InChI is InChI=1S/C14H18N2S/c1-9-7-10(2)13-12(8-9)17-14(16-13)11-5-3-4-6-15-11/h7-8,11,15H,3-6H2,1-2H3. The smallest absolute Gasteiger partial charge is 0.111 e. The normalized spacial score (nSPS) is 20.9. The zero-order valence-corrected chi connectivity index (χ0v) is 11.2. The zero-order chi connectivity index (χ0) is 11.8. The van der Waals surface area contributed by atoms with E-state index < -0.39 is 0 Å². The number of fused-ring (bicyclic) bond motifs is 1. The van der Waals surface area contributed by atoms with Crippen molar-refractivity contribution in [2.45, 2.75) is 39.2 Å². The minimum absolute atomic E-state index is 0.487. The third kappa shape index (κ3) is 2.09. The molecular formula is C14H18N2S. The Morgan fingerprint density at radius 1 is 1.29 bits per heavy atom. The lowest BCUT2D eigenvalue weighted by molar-refractivity contribution is 0.411. The van der Waals surface area contributed by atoms with E-state index in [9.17, 15) is 0 Å². The number of aryl methyl sites for hydroxylation is 2. The van der Waals surface area contributed by atoms with Crippen LogP contribution in [0.5, 0.6) is 0 Å². The van der Waals surface area contributed by atoms with Gasteiger partial charge in [-0.3, -0.25) is 0 Å². The molecule has 0 aliphatic carbocycles. The Morgan fingerprint density at radius 3 is 2.94 bits per heavy atom. The molecule has 1 aromatic heterocycles. The van der Waals surface area contributed by atoms with E-state index in [4.69, 9.17) is 4.98 Å². The van der Waals surface area contributed by atoms with E-state index in [1.54, 1.807) is 0 Å². The molecule has 1 N–H and O–H groups in total. The van der Waals surface area contributed by atoms with Crippen molar-refractivity contribution in [1.82, 2.24) is 10.3 Å². The van der Waals surface area contributed by atoms with E-state index >= 15 is 0 Å². The first-order chi connectivity index (χ1) is 8.24. The van der Waals surface area contributed by atoms with E-state index in [0.717, 1.165) is 6.54 Å². The lowest BCUT2D eigenvalue weighted by atomic mass is 10.1. The van der Waals surface area contributed by atoms with Crippen molar-refractivity contribution in [2.75, 3.05) is 6.54 Å². The lowest BCUT2D eigenvalue weighted by Crippen LogP contribution is -2.26. The van der Waals surface area contributed by atoms with E-state index in [1.165, 1.54) is 45.6 Å². The Kier molecular flexibility index (Phi) is 2.89. The molecule has 1 unspecified atom stereocenters. The molecule has 2 nitrogen and oxygen atoms in total. The summed E-state index contributed by atoms with van der Waals surface area (Å²) < 4.78 is 1.34. The summed E-state index contributed by atoms with van der Waals surface area (Å²) in [5.74, 6) is 0. The molecule has 3 heteroatoms. The van der Waals surface area contributed by atoms with Crippen LogP contribution in [0, 0.1) is 13.8 Å². The number of piperidine rings is 1. The van der Waals surface area contributed by atoms with Crippen LogP contribution < -0.4 is 5.32 Å². The predicted octanol–water partition coefficient (Wildman–Crippen LogP) is 3.73. The number of thiazole rings is 1. The van der Waals surface area contributed by atoms with Crippen molar-refractivity contribution >= 4 is 21.6 Å². The van der Waals surface area contributed by atoms with Crippen LogP contribution in [0.4, 0.5) is 0 Å². The first kappa shape index (κ1) is 11.2. The fraction of sp³-hybridized carbons (Fsp3) is 0.500. The molecule has 0 bridgehead atoms. The molecule has 3 rings (SSSR count). The molecule has 0 saturated carbocycles. The molecule has 2 heterocycles. The fourth-order valence-corrected chi connectivity index (χ4v) is 3.85. The number of nitrogens with one attached hydrogen (secondary N) is 1. The molecule has 2 aromatic rings. The van der Waals surface area contributed by atoms with Crippen LogP contribution in [0.1, 0.15) is 41.4 Å². The number of hydrogen-bond acceptors (Lipinski definition) is 3. The SMILES string of the molecule is Cc1cc(C)c2nc(C3CCCCN3)sc2c1. The highest BCUT2D eigenvalue weighted by molar-refractivity contribution is 7.18. The summed E-state index contributed by atoms with van der Waals surface area (Å²) in [6.45, 7) is 5.45. The summed E-state index contributed by atoms with van der Waals surface area (Å²) in [6, 6.07) is 4.97. The van der Waals surface area contributed by atoms with Crippen molar-refractivity contribution in [3.8, 4) is 0 Å². The highest BCUT2D eigenvalue weighted by Crippen LogP contribution is 2.32. The van der Waals surface area contributed by atoms with Crippen molar-refractivity contribution in [2.24, 2.45) is 0 Å². The molecule has 0 radical (unpaired) electrons. The molecule has 1 aliphatic heterocycles. The van der Waals surface area contributed by atoms with Crippen LogP contribution in [0.2, 0.25) is 0 Å². The van der Waals surface area contributed by atoms with Crippen LogP contribution in [0.3, 0.4) is 0 Å². The molecular weight excluding hydrogens is 228 g/mol. The Hall–Kier alpha value is -0.930. The molecule has 0 spiro atoms. The van der Waals surface area contributed by atoms with Gasteiger partial charge in [0.15, 0.2) is 0 Å². The number of hydrogen-bond donors (Lipinski definition) is 1. The average molecular weight is 246 g/mol. The van der Waals surface area contributed by atoms with Crippen LogP contribution in [0.15, 0.2) is 12.1 Å². The summed E-state index contributed by atoms with van der Waals surface area (Å²) in [5, 5.41) is 4.85. The number of nitrogens with zero attached hydrogens (tertiary/aromatic N) is 1. The van der Waals surface area contributed by atoms with Gasteiger partial charge in [-0.25, -0.2) is 4.98 Å². The van der Waals surface area contributed by atoms with Crippen molar-refractivity contribution in [3.63, 3.8) is 0 Å². The van der Waals surface area contributed by atoms with Gasteiger partial charge in [0.1, 0.15) is 5.01 Å². The quantitative estimate of drug-likeness (QED) is 0.829. The Labute approximate surface area is 106 Å². The molecule has 1 fully saturated rings. The molecule has 90 valence electrons. The second-order valence-electron chi connectivity index (χ2n) is 4.98. The maximum Gasteiger partial charge on any atom is 0.111 e. The largest absolute Gasteiger partial charge is 0.308 e. The van der Waals surface area contributed by atoms with E-state index in [-0.39, 0.29) is 0 Å². The van der Waals surface area contributed by atoms with Crippen LogP contribution in [-0.2, 0) is 0 Å². The third-order valence-corrected chi connectivity index (χ3v) is 4.57. The maximum absolute atomic E-state index is 4.83. The van der Waals surface area contributed by atoms with Gasteiger partial charge >= 0.3 is 0 Å². The highest BCUT2D eigenvalue weighted by atomic mass is 32.1. The molecule has 1 saturated heterocycles. The van der Waals surface area contributed by atoms with Gasteiger partial charge in [0.25, 0.3) is 0 Å². The van der Waals surface area contributed by atoms with Crippen LogP contribution in [0.25, 0.3) is 10.2 Å². The predicted molar refractivity (Wildman–Crippen MR) is 73.7 cm³/mol. The Balaban J connectivity index is 2.03. The molecule has 17 heavy (non-hydrogen) atoms. The third-order valence-electron chi connectivity index (χ3n) is 3.45. The van der Waals surface area contributed by atoms with Gasteiger partial charge < -0.3 is 5.32 Å². The van der Waals surface area contributed by atoms with E-state index in [2.05, 4.69) is 31.3 Å². The topological polar surface area (TPSA) is 24.9 Å². The van der Waals surface area contributed by atoms with Gasteiger partial charge in [-0.15, -0.1) is 11.3 Å². The van der Waals surface area contributed by atoms with Gasteiger partial charge in [-0.2, -0.15) is 0 Å². The Morgan fingerprint density at radius 2 is 2.18 bits per heavy atom. The lowest BCUT2D eigenvalue weighted by Gasteiger charge is -2.20. The number of aromatic nitrogens is 1. The zero-order valence-electron chi connectivity index (χ0n) is 10.4. The van der Waals surface area contributed by atoms with Gasteiger partial charge in [0.2, 0.25) is 0 Å². The maximum atomic E-state index is 4.83. The highest BCUT2D eigenvalue weighted by Gasteiger charge is 2.19. The summed E-state index contributed by atoms with van der Waals surface area (Å²) >= 11 is 1.86. The van der Waals surface area contributed by atoms with Crippen molar-refractivity contribution in [1.29, 1.82) is 0 Å². The second-order valence-corrected chi connectivity index (χ2v) is 6.05. The second kappa shape index (κ2) is 4.39. The average Bonchev–Trinajstić information content (AvgIpc) is 2.74. The van der Waals surface area contributed by atoms with Gasteiger partial charge in [0, 0.05) is 0 Å². The fourth-order valence-electron chi connectivity index (χ4n) is 2.60. The Bertz CT molecular complexity index is 538. The first-order valence-electron chi connectivity index (χ1n) is 6.35. The molecule has 0 amide bonds. The van der Waals surface area contributed by atoms with Gasteiger partial charge in [-0.1, -0.05) is 12.5 Å². The summed E-state index contributed by atoms with van der Waals surface area (Å²) in [6.07, 6.45) is 3.86. The van der Waals surface area contributed by atoms with Crippen LogP contribution in [-0.4, -0.2) is 11.5 Å². The van der Waals surface area contributed by atoms with Crippen LogP contribution >= 0.6 is 11.3 Å². The minimum Gasteiger partial charge on any atom is -0.308 e. The van der Waals surface area contributed by atoms with Gasteiger partial charge in [0.05, 0.1) is 16.3 Å². The first-order valence-corrected chi connectivity index (χ1v) is 7.17. The molecule has 1 aliphatic rings. The molecule has 1 atom stereocenters. The summed E-state index contributed by atoms with van der Waals surface area (Å²) in [5.41, 5.74) is 3.84. The summed E-state index contributed by atoms with van der Waals surface area (Å²) in [7, 11) is 0.